The van der Waals surface area contributed by atoms with Gasteiger partial charge in [-0.3, -0.25) is 4.79 Å². The summed E-state index contributed by atoms with van der Waals surface area (Å²) in [4.78, 5) is 10.8. The molecule has 106 valence electrons. The molecule has 19 heavy (non-hydrogen) atoms. The van der Waals surface area contributed by atoms with Gasteiger partial charge in [0, 0.05) is 18.2 Å². The molecule has 0 aliphatic rings. The molecule has 0 radical (unpaired) electrons. The summed E-state index contributed by atoms with van der Waals surface area (Å²) in [7, 11) is 0. The number of aliphatic carboxylic acids is 1. The van der Waals surface area contributed by atoms with Crippen LogP contribution in [0.3, 0.4) is 0 Å². The van der Waals surface area contributed by atoms with Gasteiger partial charge in [-0.25, -0.2) is 17.6 Å². The van der Waals surface area contributed by atoms with Crippen LogP contribution in [0.1, 0.15) is 24.8 Å². The summed E-state index contributed by atoms with van der Waals surface area (Å²) in [5.74, 6) is -9.33. The quantitative estimate of drug-likeness (QED) is 0.642. The molecule has 0 heterocycles. The summed E-state index contributed by atoms with van der Waals surface area (Å²) < 4.78 is 53.0. The van der Waals surface area contributed by atoms with E-state index >= 15 is 0 Å². The van der Waals surface area contributed by atoms with Crippen molar-refractivity contribution in [3.63, 3.8) is 0 Å². The highest BCUT2D eigenvalue weighted by Gasteiger charge is 2.27. The molecule has 1 rings (SSSR count). The molecular weight excluding hydrogens is 266 g/mol. The molecule has 1 aromatic rings. The Morgan fingerprint density at radius 2 is 1.74 bits per heavy atom. The maximum atomic E-state index is 13.5. The van der Waals surface area contributed by atoms with Crippen molar-refractivity contribution in [2.24, 2.45) is 11.7 Å². The topological polar surface area (TPSA) is 63.3 Å². The van der Waals surface area contributed by atoms with Gasteiger partial charge in [-0.15, -0.1) is 0 Å². The van der Waals surface area contributed by atoms with E-state index < -0.39 is 46.6 Å². The minimum atomic E-state index is -1.51. The summed E-state index contributed by atoms with van der Waals surface area (Å²) in [6, 6.07) is 0.110. The molecule has 0 spiro atoms. The molecule has 7 heteroatoms. The van der Waals surface area contributed by atoms with Crippen LogP contribution >= 0.6 is 0 Å². The second kappa shape index (κ2) is 6.01. The van der Waals surface area contributed by atoms with E-state index in [1.54, 1.807) is 0 Å². The highest BCUT2D eigenvalue weighted by Crippen LogP contribution is 2.30. The lowest BCUT2D eigenvalue weighted by Crippen LogP contribution is -2.25. The van der Waals surface area contributed by atoms with Gasteiger partial charge in [0.05, 0.1) is 5.92 Å². The summed E-state index contributed by atoms with van der Waals surface area (Å²) >= 11 is 0. The lowest BCUT2D eigenvalue weighted by molar-refractivity contribution is -0.141. The molecule has 3 N–H and O–H groups in total. The van der Waals surface area contributed by atoms with Crippen molar-refractivity contribution >= 4 is 5.97 Å². The maximum Gasteiger partial charge on any atom is 0.307 e. The van der Waals surface area contributed by atoms with Gasteiger partial charge >= 0.3 is 5.97 Å². The average Bonchev–Trinajstić information content (AvgIpc) is 2.33. The number of carboxylic acid groups (broad SMARTS) is 1. The second-order valence-electron chi connectivity index (χ2n) is 4.29. The number of nitrogens with two attached hydrogens (primary N) is 1. The van der Waals surface area contributed by atoms with Crippen LogP contribution in [0.25, 0.3) is 0 Å². The first kappa shape index (κ1) is 15.4. The fraction of sp³-hybridized carbons (Fsp3) is 0.417. The first-order chi connectivity index (χ1) is 8.79. The van der Waals surface area contributed by atoms with Crippen LogP contribution in [0.4, 0.5) is 17.6 Å². The van der Waals surface area contributed by atoms with Gasteiger partial charge in [-0.05, 0) is 12.3 Å². The van der Waals surface area contributed by atoms with Crippen molar-refractivity contribution in [3.05, 3.63) is 34.9 Å². The molecule has 0 aliphatic carbocycles. The largest absolute Gasteiger partial charge is 0.481 e. The molecule has 1 aromatic carbocycles. The Kier molecular flexibility index (Phi) is 4.88. The predicted molar refractivity (Wildman–Crippen MR) is 59.5 cm³/mol. The van der Waals surface area contributed by atoms with Crippen molar-refractivity contribution in [1.29, 1.82) is 0 Å². The SMILES string of the molecule is CC(CC(CN)C(=O)O)c1c(F)c(F)cc(F)c1F. The zero-order valence-electron chi connectivity index (χ0n) is 10.1. The molecule has 0 aliphatic heterocycles. The fourth-order valence-corrected chi connectivity index (χ4v) is 1.87. The lowest BCUT2D eigenvalue weighted by Gasteiger charge is -2.18. The van der Waals surface area contributed by atoms with E-state index in [1.807, 2.05) is 0 Å². The van der Waals surface area contributed by atoms with E-state index in [0.29, 0.717) is 0 Å². The van der Waals surface area contributed by atoms with Crippen LogP contribution in [-0.4, -0.2) is 17.6 Å². The van der Waals surface area contributed by atoms with Crippen LogP contribution < -0.4 is 5.73 Å². The molecule has 0 amide bonds. The van der Waals surface area contributed by atoms with Crippen LogP contribution in [0.15, 0.2) is 6.07 Å². The van der Waals surface area contributed by atoms with Gasteiger partial charge in [0.2, 0.25) is 0 Å². The van der Waals surface area contributed by atoms with Gasteiger partial charge in [0.25, 0.3) is 0 Å². The standard InChI is InChI=1S/C12H13F4NO2/c1-5(2-6(4-17)12(18)19)9-10(15)7(13)3-8(14)11(9)16/h3,5-6H,2,4,17H2,1H3,(H,18,19). The van der Waals surface area contributed by atoms with Crippen molar-refractivity contribution in [1.82, 2.24) is 0 Å². The number of hydrogen-bond acceptors (Lipinski definition) is 2. The molecular formula is C12H13F4NO2. The first-order valence-electron chi connectivity index (χ1n) is 5.55. The third-order valence-corrected chi connectivity index (χ3v) is 2.91. The maximum absolute atomic E-state index is 13.5. The van der Waals surface area contributed by atoms with E-state index in [9.17, 15) is 22.4 Å². The Hall–Kier alpha value is -1.63. The number of benzene rings is 1. The molecule has 2 unspecified atom stereocenters. The Labute approximate surface area is 107 Å². The fourth-order valence-electron chi connectivity index (χ4n) is 1.87. The molecule has 0 saturated heterocycles. The third kappa shape index (κ3) is 3.23. The first-order valence-corrected chi connectivity index (χ1v) is 5.55. The van der Waals surface area contributed by atoms with E-state index in [-0.39, 0.29) is 19.0 Å². The van der Waals surface area contributed by atoms with Gasteiger partial charge < -0.3 is 10.8 Å². The molecule has 2 atom stereocenters. The van der Waals surface area contributed by atoms with Crippen LogP contribution in [0, 0.1) is 29.2 Å². The summed E-state index contributed by atoms with van der Waals surface area (Å²) in [5.41, 5.74) is 4.43. The number of carboxylic acids is 1. The zero-order chi connectivity index (χ0) is 14.7. The number of hydrogen-bond donors (Lipinski definition) is 2. The van der Waals surface area contributed by atoms with Crippen molar-refractivity contribution in [2.75, 3.05) is 6.54 Å². The van der Waals surface area contributed by atoms with Crippen molar-refractivity contribution in [3.8, 4) is 0 Å². The predicted octanol–water partition coefficient (Wildman–Crippen LogP) is 2.40. The molecule has 3 nitrogen and oxygen atoms in total. The smallest absolute Gasteiger partial charge is 0.307 e. The van der Waals surface area contributed by atoms with Gasteiger partial charge in [0.1, 0.15) is 0 Å². The molecule has 0 aromatic heterocycles. The highest BCUT2D eigenvalue weighted by molar-refractivity contribution is 5.70. The normalized spacial score (nSPS) is 14.2. The van der Waals surface area contributed by atoms with Crippen molar-refractivity contribution < 1.29 is 27.5 Å². The van der Waals surface area contributed by atoms with Crippen LogP contribution in [-0.2, 0) is 4.79 Å². The number of halogens is 4. The monoisotopic (exact) mass is 279 g/mol. The van der Waals surface area contributed by atoms with E-state index in [0.717, 1.165) is 0 Å². The number of rotatable bonds is 5. The van der Waals surface area contributed by atoms with Crippen LogP contribution in [0.2, 0.25) is 0 Å². The lowest BCUT2D eigenvalue weighted by atomic mass is 9.89. The molecule has 0 fully saturated rings. The highest BCUT2D eigenvalue weighted by atomic mass is 19.2. The van der Waals surface area contributed by atoms with E-state index in [2.05, 4.69) is 0 Å². The molecule has 0 saturated carbocycles. The Bertz CT molecular complexity index is 467. The van der Waals surface area contributed by atoms with Gasteiger partial charge in [0.15, 0.2) is 23.3 Å². The second-order valence-corrected chi connectivity index (χ2v) is 4.29. The van der Waals surface area contributed by atoms with Crippen LogP contribution in [0.5, 0.6) is 0 Å². The minimum Gasteiger partial charge on any atom is -0.481 e. The zero-order valence-corrected chi connectivity index (χ0v) is 10.1. The Morgan fingerprint density at radius 3 is 2.11 bits per heavy atom. The van der Waals surface area contributed by atoms with E-state index in [1.165, 1.54) is 6.92 Å². The Morgan fingerprint density at radius 1 is 1.26 bits per heavy atom. The Balaban J connectivity index is 3.12. The van der Waals surface area contributed by atoms with Gasteiger partial charge in [-0.1, -0.05) is 6.92 Å². The number of carbonyl (C=O) groups is 1. The summed E-state index contributed by atoms with van der Waals surface area (Å²) in [6.07, 6.45) is -0.220. The summed E-state index contributed by atoms with van der Waals surface area (Å²) in [6.45, 7) is 1.05. The van der Waals surface area contributed by atoms with E-state index in [4.69, 9.17) is 10.8 Å². The van der Waals surface area contributed by atoms with Crippen molar-refractivity contribution in [2.45, 2.75) is 19.3 Å². The summed E-state index contributed by atoms with van der Waals surface area (Å²) in [5, 5.41) is 8.80. The molecule has 0 bridgehead atoms. The third-order valence-electron chi connectivity index (χ3n) is 2.91. The van der Waals surface area contributed by atoms with Gasteiger partial charge in [-0.2, -0.15) is 0 Å². The average molecular weight is 279 g/mol. The minimum absolute atomic E-state index is 0.110.